The Morgan fingerprint density at radius 1 is 1.50 bits per heavy atom. The van der Waals surface area contributed by atoms with Crippen LogP contribution >= 0.6 is 0 Å². The third-order valence-corrected chi connectivity index (χ3v) is 1.09. The Morgan fingerprint density at radius 2 is 2.00 bits per heavy atom. The Hall–Kier alpha value is -1.58. The number of carboxylic acids is 1. The highest BCUT2D eigenvalue weighted by atomic mass is 16.5. The van der Waals surface area contributed by atoms with Crippen LogP contribution in [0.2, 0.25) is 0 Å². The topological polar surface area (TPSA) is 63.6 Å². The summed E-state index contributed by atoms with van der Waals surface area (Å²) in [5.74, 6) is -1.93. The van der Waals surface area contributed by atoms with Crippen molar-refractivity contribution >= 4 is 11.8 Å². The van der Waals surface area contributed by atoms with Gasteiger partial charge in [0.05, 0.1) is 13.2 Å². The van der Waals surface area contributed by atoms with E-state index in [1.54, 1.807) is 0 Å². The van der Waals surface area contributed by atoms with E-state index in [0.29, 0.717) is 6.08 Å². The van der Waals surface area contributed by atoms with Gasteiger partial charge in [0, 0.05) is 0 Å². The summed E-state index contributed by atoms with van der Waals surface area (Å²) >= 11 is 0. The molecule has 1 N–H and O–H groups in total. The minimum atomic E-state index is -1.22. The van der Waals surface area contributed by atoms with Gasteiger partial charge < -0.3 is 9.84 Å². The molecule has 0 saturated heterocycles. The van der Waals surface area contributed by atoms with Gasteiger partial charge in [-0.1, -0.05) is 6.58 Å². The molecule has 4 heteroatoms. The number of carbonyl (C=O) groups excluding carboxylic acids is 1. The molecule has 0 spiro atoms. The second-order valence-electron chi connectivity index (χ2n) is 2.16. The number of carbonyl (C=O) groups is 2. The molecule has 0 atom stereocenters. The second-order valence-corrected chi connectivity index (χ2v) is 2.16. The smallest absolute Gasteiger partial charge is 0.332 e. The van der Waals surface area contributed by atoms with Crippen LogP contribution in [-0.4, -0.2) is 24.0 Å². The first-order valence-corrected chi connectivity index (χ1v) is 3.18. The van der Waals surface area contributed by atoms with Gasteiger partial charge in [-0.2, -0.15) is 0 Å². The third-order valence-electron chi connectivity index (χ3n) is 1.09. The van der Waals surface area contributed by atoms with Crippen molar-refractivity contribution in [2.45, 2.75) is 6.92 Å². The van der Waals surface area contributed by atoms with E-state index >= 15 is 0 Å². The summed E-state index contributed by atoms with van der Waals surface area (Å²) in [6.07, 6.45) is 0.705. The number of hydrogen-bond donors (Lipinski definition) is 1. The monoisotopic (exact) mass is 170 g/mol. The van der Waals surface area contributed by atoms with E-state index in [2.05, 4.69) is 11.3 Å². The van der Waals surface area contributed by atoms with Crippen LogP contribution in [0.25, 0.3) is 0 Å². The van der Waals surface area contributed by atoms with Crippen LogP contribution < -0.4 is 0 Å². The number of methoxy groups -OCH3 is 1. The number of rotatable bonds is 4. The average Bonchev–Trinajstić information content (AvgIpc) is 1.98. The maximum absolute atomic E-state index is 11.1. The fourth-order valence-electron chi connectivity index (χ4n) is 0.540. The van der Waals surface area contributed by atoms with Crippen molar-refractivity contribution in [1.82, 2.24) is 0 Å². The largest absolute Gasteiger partial charge is 0.492 e. The zero-order chi connectivity index (χ0) is 9.72. The summed E-state index contributed by atoms with van der Waals surface area (Å²) in [5, 5.41) is 8.31. The molecule has 4 nitrogen and oxygen atoms in total. The summed E-state index contributed by atoms with van der Waals surface area (Å²) in [5.41, 5.74) is 0.240. The van der Waals surface area contributed by atoms with Gasteiger partial charge in [-0.25, -0.2) is 4.79 Å². The normalized spacial score (nSPS) is 10.7. The van der Waals surface area contributed by atoms with Crippen molar-refractivity contribution < 1.29 is 19.4 Å². The van der Waals surface area contributed by atoms with Crippen LogP contribution in [0, 0.1) is 0 Å². The van der Waals surface area contributed by atoms with Crippen LogP contribution in [0.3, 0.4) is 0 Å². The molecule has 12 heavy (non-hydrogen) atoms. The molecule has 0 aliphatic carbocycles. The molecule has 0 unspecified atom stereocenters. The van der Waals surface area contributed by atoms with E-state index in [4.69, 9.17) is 5.11 Å². The quantitative estimate of drug-likeness (QED) is 0.499. The van der Waals surface area contributed by atoms with Gasteiger partial charge in [-0.3, -0.25) is 4.79 Å². The maximum Gasteiger partial charge on any atom is 0.332 e. The van der Waals surface area contributed by atoms with E-state index in [9.17, 15) is 9.59 Å². The van der Waals surface area contributed by atoms with E-state index in [0.717, 1.165) is 0 Å². The highest BCUT2D eigenvalue weighted by Crippen LogP contribution is 2.03. The molecule has 0 fully saturated rings. The van der Waals surface area contributed by atoms with Gasteiger partial charge in [0.15, 0.2) is 5.76 Å². The zero-order valence-electron chi connectivity index (χ0n) is 6.96. The van der Waals surface area contributed by atoms with Crippen molar-refractivity contribution in [3.63, 3.8) is 0 Å². The average molecular weight is 170 g/mol. The van der Waals surface area contributed by atoms with Crippen LogP contribution in [0.1, 0.15) is 6.92 Å². The van der Waals surface area contributed by atoms with Gasteiger partial charge in [0.25, 0.3) is 0 Å². The maximum atomic E-state index is 11.1. The molecule has 0 amide bonds. The molecule has 0 heterocycles. The van der Waals surface area contributed by atoms with Crippen LogP contribution in [-0.2, 0) is 14.3 Å². The number of aliphatic carboxylic acids is 1. The van der Waals surface area contributed by atoms with Crippen molar-refractivity contribution in [2.24, 2.45) is 0 Å². The van der Waals surface area contributed by atoms with E-state index in [1.165, 1.54) is 14.0 Å². The van der Waals surface area contributed by atoms with Crippen molar-refractivity contribution in [3.8, 4) is 0 Å². The third kappa shape index (κ3) is 3.01. The minimum absolute atomic E-state index is 0.213. The molecular weight excluding hydrogens is 160 g/mol. The number of carboxylic acid groups (broad SMARTS) is 1. The Labute approximate surface area is 70.1 Å². The number of allylic oxidation sites excluding steroid dienone is 1. The lowest BCUT2D eigenvalue weighted by Crippen LogP contribution is -2.07. The summed E-state index contributed by atoms with van der Waals surface area (Å²) in [6, 6.07) is 0. The number of hydrogen-bond acceptors (Lipinski definition) is 3. The molecular formula is C8H10O4. The predicted octanol–water partition coefficient (Wildman–Crippen LogP) is 0.746. The molecule has 0 aliphatic heterocycles. The van der Waals surface area contributed by atoms with Gasteiger partial charge in [-0.05, 0) is 12.5 Å². The predicted molar refractivity (Wildman–Crippen MR) is 42.5 cm³/mol. The molecule has 0 rings (SSSR count). The molecule has 0 saturated carbocycles. The lowest BCUT2D eigenvalue weighted by atomic mass is 10.2. The Balaban J connectivity index is 4.68. The highest BCUT2D eigenvalue weighted by molar-refractivity contribution is 6.08. The molecule has 0 bridgehead atoms. The first kappa shape index (κ1) is 10.4. The van der Waals surface area contributed by atoms with Crippen LogP contribution in [0.4, 0.5) is 0 Å². The molecule has 0 aliphatic rings. The minimum Gasteiger partial charge on any atom is -0.492 e. The fraction of sp³-hybridized carbons (Fsp3) is 0.250. The number of ketones is 1. The van der Waals surface area contributed by atoms with Gasteiger partial charge in [0.1, 0.15) is 0 Å². The lowest BCUT2D eigenvalue weighted by Gasteiger charge is -2.02. The van der Waals surface area contributed by atoms with Gasteiger partial charge >= 0.3 is 5.97 Å². The van der Waals surface area contributed by atoms with Gasteiger partial charge in [0.2, 0.25) is 5.78 Å². The van der Waals surface area contributed by atoms with Crippen LogP contribution in [0.15, 0.2) is 24.0 Å². The summed E-state index contributed by atoms with van der Waals surface area (Å²) < 4.78 is 4.55. The fourth-order valence-corrected chi connectivity index (χ4v) is 0.540. The summed E-state index contributed by atoms with van der Waals surface area (Å²) in [6.45, 7) is 4.85. The Morgan fingerprint density at radius 3 is 2.25 bits per heavy atom. The molecule has 0 aromatic rings. The van der Waals surface area contributed by atoms with Crippen molar-refractivity contribution in [1.29, 1.82) is 0 Å². The Bertz CT molecular complexity index is 250. The first-order chi connectivity index (χ1) is 5.49. The summed E-state index contributed by atoms with van der Waals surface area (Å²) in [7, 11) is 1.23. The van der Waals surface area contributed by atoms with E-state index < -0.39 is 11.8 Å². The number of Topliss-reactive ketones (excluding diaryl/α,β-unsaturated/α-hetero) is 1. The molecule has 0 aromatic carbocycles. The van der Waals surface area contributed by atoms with Crippen molar-refractivity contribution in [2.75, 3.05) is 7.11 Å². The number of ether oxygens (including phenoxy) is 1. The van der Waals surface area contributed by atoms with Crippen molar-refractivity contribution in [3.05, 3.63) is 24.0 Å². The Kier molecular flexibility index (Phi) is 3.76. The SMILES string of the molecule is C=C(C)C(=O)/C(=C\C(=O)O)OC. The van der Waals surface area contributed by atoms with Crippen LogP contribution in [0.5, 0.6) is 0 Å². The lowest BCUT2D eigenvalue weighted by molar-refractivity contribution is -0.132. The summed E-state index contributed by atoms with van der Waals surface area (Å²) in [4.78, 5) is 21.2. The molecule has 0 radical (unpaired) electrons. The molecule has 0 aromatic heterocycles. The first-order valence-electron chi connectivity index (χ1n) is 3.18. The highest BCUT2D eigenvalue weighted by Gasteiger charge is 2.11. The van der Waals surface area contributed by atoms with E-state index in [1.807, 2.05) is 0 Å². The van der Waals surface area contributed by atoms with Gasteiger partial charge in [-0.15, -0.1) is 0 Å². The molecule has 66 valence electrons. The zero-order valence-corrected chi connectivity index (χ0v) is 6.96. The second kappa shape index (κ2) is 4.33. The van der Waals surface area contributed by atoms with E-state index in [-0.39, 0.29) is 11.3 Å². The standard InChI is InChI=1S/C8H10O4/c1-5(2)8(11)6(12-3)4-7(9)10/h4H,1H2,2-3H3,(H,9,10)/b6-4+.